The van der Waals surface area contributed by atoms with E-state index in [4.69, 9.17) is 15.7 Å². The molecule has 0 unspecified atom stereocenters. The first-order valence-electron chi connectivity index (χ1n) is 7.37. The molecule has 3 rings (SSSR count). The van der Waals surface area contributed by atoms with Crippen LogP contribution >= 0.6 is 0 Å². The lowest BCUT2D eigenvalue weighted by Crippen LogP contribution is -2.16. The zero-order valence-corrected chi connectivity index (χ0v) is 13.3. The summed E-state index contributed by atoms with van der Waals surface area (Å²) in [4.78, 5) is 11.4. The Bertz CT molecular complexity index is 957. The third-order valence-electron chi connectivity index (χ3n) is 3.30. The van der Waals surface area contributed by atoms with Crippen molar-refractivity contribution in [3.63, 3.8) is 0 Å². The summed E-state index contributed by atoms with van der Waals surface area (Å²) >= 11 is 0. The van der Waals surface area contributed by atoms with Gasteiger partial charge in [-0.1, -0.05) is 5.16 Å². The Kier molecular flexibility index (Phi) is 4.92. The van der Waals surface area contributed by atoms with Crippen LogP contribution in [0.25, 0.3) is 5.70 Å². The highest BCUT2D eigenvalue weighted by molar-refractivity contribution is 6.07. The van der Waals surface area contributed by atoms with Gasteiger partial charge in [0.2, 0.25) is 0 Å². The van der Waals surface area contributed by atoms with Gasteiger partial charge in [0.25, 0.3) is 0 Å². The van der Waals surface area contributed by atoms with Crippen LogP contribution in [0.5, 0.6) is 0 Å². The van der Waals surface area contributed by atoms with Crippen molar-refractivity contribution in [2.45, 2.75) is 6.54 Å². The van der Waals surface area contributed by atoms with Crippen LogP contribution in [0.4, 0.5) is 14.6 Å². The average molecular weight is 357 g/mol. The summed E-state index contributed by atoms with van der Waals surface area (Å²) in [6, 6.07) is 4.33. The van der Waals surface area contributed by atoms with Gasteiger partial charge in [-0.2, -0.15) is 0 Å². The number of aromatic nitrogens is 4. The fourth-order valence-corrected chi connectivity index (χ4v) is 2.01. The lowest BCUT2D eigenvalue weighted by molar-refractivity contribution is 0.417. The highest BCUT2D eigenvalue weighted by Crippen LogP contribution is 2.13. The lowest BCUT2D eigenvalue weighted by atomic mass is 10.2. The highest BCUT2D eigenvalue weighted by atomic mass is 19.1. The standard InChI is InChI=1S/C16H13F2N7O/c17-9-2-1-4-21-14(9)8-22-13(12-3-5-26-25-12)6-11(19)16-23-7-10(18)15(20)24-16/h1-7,19,22H,8H2,(H2,20,23,24)/b13-6-,19-11?. The van der Waals surface area contributed by atoms with Crippen LogP contribution in [0.3, 0.4) is 0 Å². The van der Waals surface area contributed by atoms with Gasteiger partial charge in [0.1, 0.15) is 23.5 Å². The number of nitrogen functional groups attached to an aromatic ring is 1. The maximum absolute atomic E-state index is 13.7. The van der Waals surface area contributed by atoms with Crippen molar-refractivity contribution in [2.24, 2.45) is 0 Å². The van der Waals surface area contributed by atoms with E-state index >= 15 is 0 Å². The lowest BCUT2D eigenvalue weighted by Gasteiger charge is -2.09. The molecule has 0 radical (unpaired) electrons. The molecule has 3 aromatic heterocycles. The van der Waals surface area contributed by atoms with Crippen molar-refractivity contribution in [2.75, 3.05) is 5.73 Å². The van der Waals surface area contributed by atoms with Gasteiger partial charge in [0, 0.05) is 12.3 Å². The minimum atomic E-state index is -0.772. The van der Waals surface area contributed by atoms with Crippen LogP contribution in [-0.4, -0.2) is 25.8 Å². The molecule has 3 aromatic rings. The Morgan fingerprint density at radius 1 is 1.27 bits per heavy atom. The maximum atomic E-state index is 13.7. The smallest absolute Gasteiger partial charge is 0.183 e. The minimum Gasteiger partial charge on any atom is -0.381 e. The fourth-order valence-electron chi connectivity index (χ4n) is 2.01. The molecule has 0 aliphatic rings. The summed E-state index contributed by atoms with van der Waals surface area (Å²) in [6.45, 7) is 0.0467. The van der Waals surface area contributed by atoms with Gasteiger partial charge in [0.05, 0.1) is 24.1 Å². The van der Waals surface area contributed by atoms with Crippen LogP contribution in [0.2, 0.25) is 0 Å². The van der Waals surface area contributed by atoms with E-state index in [1.807, 2.05) is 0 Å². The molecule has 0 saturated carbocycles. The van der Waals surface area contributed by atoms with E-state index in [9.17, 15) is 8.78 Å². The van der Waals surface area contributed by atoms with Crippen molar-refractivity contribution in [3.8, 4) is 0 Å². The maximum Gasteiger partial charge on any atom is 0.183 e. The molecule has 0 spiro atoms. The predicted molar refractivity (Wildman–Crippen MR) is 88.7 cm³/mol. The molecular formula is C16H13F2N7O. The first kappa shape index (κ1) is 17.1. The molecular weight excluding hydrogens is 344 g/mol. The van der Waals surface area contributed by atoms with Gasteiger partial charge in [-0.25, -0.2) is 18.7 Å². The van der Waals surface area contributed by atoms with E-state index in [-0.39, 0.29) is 29.6 Å². The Balaban J connectivity index is 1.86. The van der Waals surface area contributed by atoms with E-state index in [0.717, 1.165) is 6.20 Å². The molecule has 8 nitrogen and oxygen atoms in total. The topological polar surface area (TPSA) is 127 Å². The molecule has 132 valence electrons. The third kappa shape index (κ3) is 3.86. The fraction of sp³-hybridized carbons (Fsp3) is 0.0625. The Morgan fingerprint density at radius 3 is 2.81 bits per heavy atom. The van der Waals surface area contributed by atoms with Crippen LogP contribution < -0.4 is 11.1 Å². The van der Waals surface area contributed by atoms with Gasteiger partial charge in [-0.15, -0.1) is 0 Å². The number of hydrogen-bond donors (Lipinski definition) is 3. The summed E-state index contributed by atoms with van der Waals surface area (Å²) in [7, 11) is 0. The van der Waals surface area contributed by atoms with Gasteiger partial charge in [-0.05, 0) is 18.2 Å². The third-order valence-corrected chi connectivity index (χ3v) is 3.30. The Hall–Kier alpha value is -3.69. The van der Waals surface area contributed by atoms with E-state index in [1.54, 1.807) is 6.07 Å². The van der Waals surface area contributed by atoms with Gasteiger partial charge in [0.15, 0.2) is 17.5 Å². The predicted octanol–water partition coefficient (Wildman–Crippen LogP) is 1.92. The summed E-state index contributed by atoms with van der Waals surface area (Å²) in [5.41, 5.74) is 6.16. The zero-order valence-electron chi connectivity index (χ0n) is 13.3. The molecule has 0 amide bonds. The van der Waals surface area contributed by atoms with E-state index in [1.165, 1.54) is 30.7 Å². The quantitative estimate of drug-likeness (QED) is 0.575. The number of rotatable bonds is 6. The normalized spacial score (nSPS) is 11.4. The van der Waals surface area contributed by atoms with E-state index in [2.05, 4.69) is 25.4 Å². The average Bonchev–Trinajstić information content (AvgIpc) is 3.16. The molecule has 3 heterocycles. The number of hydrogen-bond acceptors (Lipinski definition) is 8. The van der Waals surface area contributed by atoms with E-state index in [0.29, 0.717) is 11.4 Å². The Morgan fingerprint density at radius 2 is 2.12 bits per heavy atom. The molecule has 10 heteroatoms. The molecule has 0 saturated heterocycles. The summed E-state index contributed by atoms with van der Waals surface area (Å²) < 4.78 is 31.7. The Labute approximate surface area is 146 Å². The number of pyridine rings is 1. The van der Waals surface area contributed by atoms with Crippen molar-refractivity contribution in [3.05, 3.63) is 71.8 Å². The van der Waals surface area contributed by atoms with Crippen molar-refractivity contribution >= 4 is 17.2 Å². The molecule has 0 aromatic carbocycles. The SMILES string of the molecule is N=C(/C=C(\NCc1ncccc1F)c1ccon1)c1ncc(F)c(N)n1. The number of halogens is 2. The van der Waals surface area contributed by atoms with Gasteiger partial charge < -0.3 is 15.6 Å². The number of anilines is 1. The largest absolute Gasteiger partial charge is 0.381 e. The van der Waals surface area contributed by atoms with Crippen molar-refractivity contribution in [1.29, 1.82) is 5.41 Å². The summed E-state index contributed by atoms with van der Waals surface area (Å²) in [6.07, 6.45) is 5.05. The zero-order chi connectivity index (χ0) is 18.5. The molecule has 0 bridgehead atoms. The van der Waals surface area contributed by atoms with Crippen LogP contribution in [0.15, 0.2) is 47.5 Å². The molecule has 4 N–H and O–H groups in total. The molecule has 0 aliphatic heterocycles. The highest BCUT2D eigenvalue weighted by Gasteiger charge is 2.12. The number of allylic oxidation sites excluding steroid dienone is 1. The van der Waals surface area contributed by atoms with Crippen LogP contribution in [0, 0.1) is 17.0 Å². The summed E-state index contributed by atoms with van der Waals surface area (Å²) in [5.74, 6) is -1.68. The second-order valence-corrected chi connectivity index (χ2v) is 5.07. The van der Waals surface area contributed by atoms with Gasteiger partial charge >= 0.3 is 0 Å². The number of nitrogens with two attached hydrogens (primary N) is 1. The minimum absolute atomic E-state index is 0.0467. The number of nitrogens with one attached hydrogen (secondary N) is 2. The second kappa shape index (κ2) is 7.47. The van der Waals surface area contributed by atoms with Crippen molar-refractivity contribution in [1.82, 2.24) is 25.4 Å². The molecule has 0 atom stereocenters. The molecule has 0 fully saturated rings. The molecule has 0 aliphatic carbocycles. The van der Waals surface area contributed by atoms with Crippen LogP contribution in [-0.2, 0) is 6.54 Å². The molecule has 26 heavy (non-hydrogen) atoms. The summed E-state index contributed by atoms with van der Waals surface area (Å²) in [5, 5.41) is 14.8. The first-order chi connectivity index (χ1) is 12.5. The number of nitrogens with zero attached hydrogens (tertiary/aromatic N) is 4. The first-order valence-corrected chi connectivity index (χ1v) is 7.37. The van der Waals surface area contributed by atoms with Crippen LogP contribution in [0.1, 0.15) is 17.2 Å². The monoisotopic (exact) mass is 357 g/mol. The van der Waals surface area contributed by atoms with E-state index < -0.39 is 11.6 Å². The van der Waals surface area contributed by atoms with Crippen molar-refractivity contribution < 1.29 is 13.3 Å². The van der Waals surface area contributed by atoms with Gasteiger partial charge in [-0.3, -0.25) is 10.4 Å². The second-order valence-electron chi connectivity index (χ2n) is 5.07.